The van der Waals surface area contributed by atoms with Gasteiger partial charge in [-0.25, -0.2) is 4.39 Å². The summed E-state index contributed by atoms with van der Waals surface area (Å²) in [6.45, 7) is -0.842. The van der Waals surface area contributed by atoms with Crippen LogP contribution in [0.1, 0.15) is 6.92 Å². The van der Waals surface area contributed by atoms with Gasteiger partial charge in [0.05, 0.1) is 6.61 Å². The van der Waals surface area contributed by atoms with Gasteiger partial charge in [-0.1, -0.05) is 0 Å². The average Bonchev–Trinajstić information content (AvgIpc) is 2.42. The highest BCUT2D eigenvalue weighted by molar-refractivity contribution is 5.66. The Balaban J connectivity index is 3.00. The van der Waals surface area contributed by atoms with Crippen molar-refractivity contribution in [3.05, 3.63) is 0 Å². The summed E-state index contributed by atoms with van der Waals surface area (Å²) in [5, 5.41) is 17.8. The molecule has 1 rings (SSSR count). The molecule has 0 radical (unpaired) electrons. The van der Waals surface area contributed by atoms with Crippen LogP contribution in [0.2, 0.25) is 0 Å². The zero-order chi connectivity index (χ0) is 13.4. The molecule has 17 heavy (non-hydrogen) atoms. The molecule has 5 nitrogen and oxygen atoms in total. The van der Waals surface area contributed by atoms with Crippen LogP contribution in [0, 0.1) is 0 Å². The first-order valence-electron chi connectivity index (χ1n) is 4.50. The van der Waals surface area contributed by atoms with E-state index in [9.17, 15) is 22.4 Å². The normalized spacial score (nSPS) is 38.2. The molecule has 1 aliphatic rings. The smallest absolute Gasteiger partial charge is 0.422 e. The van der Waals surface area contributed by atoms with Gasteiger partial charge in [0.1, 0.15) is 6.10 Å². The van der Waals surface area contributed by atoms with E-state index < -0.39 is 42.9 Å². The van der Waals surface area contributed by atoms with Crippen LogP contribution in [0.5, 0.6) is 0 Å². The van der Waals surface area contributed by atoms with E-state index in [2.05, 4.69) is 9.47 Å². The Morgan fingerprint density at radius 1 is 1.53 bits per heavy atom. The molecule has 4 atom stereocenters. The first kappa shape index (κ1) is 14.1. The fourth-order valence-corrected chi connectivity index (χ4v) is 1.46. The molecule has 1 fully saturated rings. The van der Waals surface area contributed by atoms with Crippen LogP contribution in [0.3, 0.4) is 0 Å². The van der Waals surface area contributed by atoms with E-state index in [-0.39, 0.29) is 0 Å². The second-order valence-corrected chi connectivity index (χ2v) is 3.53. The van der Waals surface area contributed by atoms with E-state index in [0.717, 1.165) is 6.92 Å². The fraction of sp³-hybridized carbons (Fsp3) is 0.875. The number of hydrogen-bond donors (Lipinski definition) is 2. The average molecular weight is 262 g/mol. The lowest BCUT2D eigenvalue weighted by Gasteiger charge is -2.31. The number of carbonyl (C=O) groups is 1. The van der Waals surface area contributed by atoms with Crippen molar-refractivity contribution in [3.8, 4) is 0 Å². The number of ether oxygens (including phenoxy) is 2. The van der Waals surface area contributed by atoms with Crippen molar-refractivity contribution < 1.29 is 42.0 Å². The van der Waals surface area contributed by atoms with Gasteiger partial charge in [-0.3, -0.25) is 4.79 Å². The lowest BCUT2D eigenvalue weighted by Crippen LogP contribution is -2.56. The second kappa shape index (κ2) is 4.39. The Labute approximate surface area is 92.9 Å². The molecule has 9 heteroatoms. The number of carbonyl (C=O) groups excluding carboxylic acids is 1. The summed E-state index contributed by atoms with van der Waals surface area (Å²) in [5.74, 6) is -1.07. The SMILES string of the molecule is CC(=O)OC1O[C@@](CO)(C(F)(F)F)[C@@H](O)[C@H]1F. The highest BCUT2D eigenvalue weighted by Gasteiger charge is 2.70. The van der Waals surface area contributed by atoms with Crippen LogP contribution < -0.4 is 0 Å². The summed E-state index contributed by atoms with van der Waals surface area (Å²) in [6, 6.07) is 0. The van der Waals surface area contributed by atoms with E-state index in [1.165, 1.54) is 0 Å². The Morgan fingerprint density at radius 3 is 2.35 bits per heavy atom. The Kier molecular flexibility index (Phi) is 3.65. The minimum atomic E-state index is -5.21. The highest BCUT2D eigenvalue weighted by atomic mass is 19.4. The van der Waals surface area contributed by atoms with Gasteiger partial charge in [0.25, 0.3) is 0 Å². The van der Waals surface area contributed by atoms with E-state index in [1.807, 2.05) is 0 Å². The maximum atomic E-state index is 13.3. The molecule has 0 saturated carbocycles. The number of aliphatic hydroxyl groups is 2. The number of esters is 1. The third kappa shape index (κ3) is 2.22. The molecular formula is C8H10F4O5. The topological polar surface area (TPSA) is 76.0 Å². The van der Waals surface area contributed by atoms with Crippen LogP contribution in [0.15, 0.2) is 0 Å². The standard InChI is InChI=1S/C8H10F4O5/c1-3(14)16-6-4(9)5(15)7(2-13,17-6)8(10,11)12/h4-6,13,15H,2H2,1H3/t4-,5+,6?,7-/m1/s1. The fourth-order valence-electron chi connectivity index (χ4n) is 1.46. The number of aliphatic hydroxyl groups excluding tert-OH is 2. The van der Waals surface area contributed by atoms with Crippen molar-refractivity contribution in [2.75, 3.05) is 6.61 Å². The van der Waals surface area contributed by atoms with Crippen molar-refractivity contribution in [1.82, 2.24) is 0 Å². The van der Waals surface area contributed by atoms with Gasteiger partial charge in [0.2, 0.25) is 11.9 Å². The summed E-state index contributed by atoms with van der Waals surface area (Å²) in [6.07, 6.45) is -12.7. The van der Waals surface area contributed by atoms with Crippen molar-refractivity contribution in [2.45, 2.75) is 37.3 Å². The molecule has 0 aromatic heterocycles. The van der Waals surface area contributed by atoms with Gasteiger partial charge in [-0.15, -0.1) is 0 Å². The minimum Gasteiger partial charge on any atom is -0.433 e. The summed E-state index contributed by atoms with van der Waals surface area (Å²) in [4.78, 5) is 10.5. The van der Waals surface area contributed by atoms with E-state index in [4.69, 9.17) is 10.2 Å². The summed E-state index contributed by atoms with van der Waals surface area (Å²) >= 11 is 0. The number of halogens is 4. The predicted octanol–water partition coefficient (Wildman–Crippen LogP) is -0.102. The number of rotatable bonds is 2. The molecule has 0 bridgehead atoms. The molecule has 0 aromatic rings. The Morgan fingerprint density at radius 2 is 2.06 bits per heavy atom. The second-order valence-electron chi connectivity index (χ2n) is 3.53. The van der Waals surface area contributed by atoms with Gasteiger partial charge in [-0.2, -0.15) is 13.2 Å². The Bertz CT molecular complexity index is 307. The van der Waals surface area contributed by atoms with E-state index in [1.54, 1.807) is 0 Å². The quantitative estimate of drug-likeness (QED) is 0.537. The summed E-state index contributed by atoms with van der Waals surface area (Å²) in [5.41, 5.74) is -3.48. The first-order valence-corrected chi connectivity index (χ1v) is 4.50. The highest BCUT2D eigenvalue weighted by Crippen LogP contribution is 2.44. The summed E-state index contributed by atoms with van der Waals surface area (Å²) in [7, 11) is 0. The van der Waals surface area contributed by atoms with Crippen LogP contribution in [-0.2, 0) is 14.3 Å². The molecule has 2 N–H and O–H groups in total. The minimum absolute atomic E-state index is 0.842. The predicted molar refractivity (Wildman–Crippen MR) is 43.4 cm³/mol. The van der Waals surface area contributed by atoms with Crippen molar-refractivity contribution in [2.24, 2.45) is 0 Å². The molecule has 0 aromatic carbocycles. The van der Waals surface area contributed by atoms with Crippen molar-refractivity contribution in [1.29, 1.82) is 0 Å². The maximum Gasteiger partial charge on any atom is 0.422 e. The monoisotopic (exact) mass is 262 g/mol. The lowest BCUT2D eigenvalue weighted by atomic mass is 9.96. The largest absolute Gasteiger partial charge is 0.433 e. The molecule has 100 valence electrons. The zero-order valence-electron chi connectivity index (χ0n) is 8.57. The molecule has 1 heterocycles. The van der Waals surface area contributed by atoms with Crippen LogP contribution in [-0.4, -0.2) is 53.1 Å². The van der Waals surface area contributed by atoms with Gasteiger partial charge in [0, 0.05) is 6.92 Å². The third-order valence-corrected chi connectivity index (χ3v) is 2.36. The van der Waals surface area contributed by atoms with Gasteiger partial charge < -0.3 is 19.7 Å². The molecule has 0 amide bonds. The molecule has 1 unspecified atom stereocenters. The van der Waals surface area contributed by atoms with Gasteiger partial charge >= 0.3 is 12.1 Å². The van der Waals surface area contributed by atoms with Crippen LogP contribution in [0.25, 0.3) is 0 Å². The van der Waals surface area contributed by atoms with E-state index >= 15 is 0 Å². The lowest BCUT2D eigenvalue weighted by molar-refractivity contribution is -0.316. The van der Waals surface area contributed by atoms with Gasteiger partial charge in [-0.05, 0) is 0 Å². The van der Waals surface area contributed by atoms with Crippen LogP contribution >= 0.6 is 0 Å². The number of hydrogen-bond acceptors (Lipinski definition) is 5. The third-order valence-electron chi connectivity index (χ3n) is 2.36. The molecule has 0 aliphatic carbocycles. The van der Waals surface area contributed by atoms with Crippen molar-refractivity contribution >= 4 is 5.97 Å². The molecule has 1 saturated heterocycles. The van der Waals surface area contributed by atoms with Crippen molar-refractivity contribution in [3.63, 3.8) is 0 Å². The zero-order valence-corrected chi connectivity index (χ0v) is 8.57. The maximum absolute atomic E-state index is 13.3. The van der Waals surface area contributed by atoms with E-state index in [0.29, 0.717) is 0 Å². The van der Waals surface area contributed by atoms with Gasteiger partial charge in [0.15, 0.2) is 6.17 Å². The number of alkyl halides is 4. The van der Waals surface area contributed by atoms with Crippen LogP contribution in [0.4, 0.5) is 17.6 Å². The first-order chi connectivity index (χ1) is 7.65. The molecular weight excluding hydrogens is 252 g/mol. The molecule has 1 aliphatic heterocycles. The summed E-state index contributed by atoms with van der Waals surface area (Å²) < 4.78 is 59.4. The molecule has 0 spiro atoms. The Hall–Kier alpha value is -0.930.